The Balaban J connectivity index is 2.24. The number of nitrogens with zero attached hydrogens (tertiary/aromatic N) is 2. The van der Waals surface area contributed by atoms with E-state index in [4.69, 9.17) is 4.74 Å². The molecule has 0 aromatic heterocycles. The number of carbonyl (C=O) groups excluding carboxylic acids is 2. The summed E-state index contributed by atoms with van der Waals surface area (Å²) >= 11 is 0. The molecule has 0 radical (unpaired) electrons. The molecule has 6 nitrogen and oxygen atoms in total. The van der Waals surface area contributed by atoms with Crippen LogP contribution in [0.1, 0.15) is 25.7 Å². The third kappa shape index (κ3) is 2.00. The predicted octanol–water partition coefficient (Wildman–Crippen LogP) is 1.65. The minimum absolute atomic E-state index is 0.124. The van der Waals surface area contributed by atoms with Crippen LogP contribution in [0.25, 0.3) is 0 Å². The van der Waals surface area contributed by atoms with Crippen LogP contribution in [0.15, 0.2) is 0 Å². The molecule has 0 bridgehead atoms. The Morgan fingerprint density at radius 2 is 1.94 bits per heavy atom. The Hall–Kier alpha value is -1.46. The van der Waals surface area contributed by atoms with Crippen molar-refractivity contribution >= 4 is 12.2 Å². The third-order valence-electron chi connectivity index (χ3n) is 4.03. The monoisotopic (exact) mass is 256 g/mol. The van der Waals surface area contributed by atoms with E-state index in [1.807, 2.05) is 0 Å². The van der Waals surface area contributed by atoms with E-state index in [0.29, 0.717) is 6.54 Å². The first-order chi connectivity index (χ1) is 8.50. The molecule has 1 aliphatic heterocycles. The van der Waals surface area contributed by atoms with Gasteiger partial charge in [-0.1, -0.05) is 12.8 Å². The Bertz CT molecular complexity index is 352. The van der Waals surface area contributed by atoms with Crippen molar-refractivity contribution < 1.29 is 19.1 Å². The van der Waals surface area contributed by atoms with E-state index in [1.54, 1.807) is 19.0 Å². The minimum Gasteiger partial charge on any atom is -0.438 e. The van der Waals surface area contributed by atoms with Gasteiger partial charge in [0.05, 0.1) is 7.11 Å². The second kappa shape index (κ2) is 4.66. The normalized spacial score (nSPS) is 26.6. The van der Waals surface area contributed by atoms with E-state index >= 15 is 0 Å². The number of urea groups is 1. The van der Waals surface area contributed by atoms with Crippen molar-refractivity contribution in [3.8, 4) is 0 Å². The second-order valence-electron chi connectivity index (χ2n) is 5.24. The van der Waals surface area contributed by atoms with Crippen LogP contribution in [-0.2, 0) is 9.47 Å². The number of rotatable bonds is 1. The first-order valence-electron chi connectivity index (χ1n) is 6.23. The predicted molar refractivity (Wildman–Crippen MR) is 64.0 cm³/mol. The summed E-state index contributed by atoms with van der Waals surface area (Å²) in [5.74, 6) is 0. The molecule has 2 rings (SSSR count). The lowest BCUT2D eigenvalue weighted by Gasteiger charge is -2.48. The van der Waals surface area contributed by atoms with Gasteiger partial charge in [-0.3, -0.25) is 4.90 Å². The van der Waals surface area contributed by atoms with Gasteiger partial charge < -0.3 is 14.4 Å². The summed E-state index contributed by atoms with van der Waals surface area (Å²) in [4.78, 5) is 26.5. The van der Waals surface area contributed by atoms with Gasteiger partial charge in [0.1, 0.15) is 0 Å². The van der Waals surface area contributed by atoms with Crippen LogP contribution in [0.3, 0.4) is 0 Å². The summed E-state index contributed by atoms with van der Waals surface area (Å²) in [7, 11) is 4.74. The van der Waals surface area contributed by atoms with Crippen molar-refractivity contribution in [3.05, 3.63) is 0 Å². The Morgan fingerprint density at radius 1 is 1.33 bits per heavy atom. The quantitative estimate of drug-likeness (QED) is 0.669. The highest BCUT2D eigenvalue weighted by atomic mass is 16.7. The van der Waals surface area contributed by atoms with Gasteiger partial charge in [-0.05, 0) is 12.8 Å². The summed E-state index contributed by atoms with van der Waals surface area (Å²) in [6, 6.07) is -0.124. The Morgan fingerprint density at radius 3 is 2.50 bits per heavy atom. The van der Waals surface area contributed by atoms with Gasteiger partial charge >= 0.3 is 12.2 Å². The molecular formula is C12H20N2O4. The molecule has 0 N–H and O–H groups in total. The molecule has 2 aliphatic rings. The summed E-state index contributed by atoms with van der Waals surface area (Å²) in [5, 5.41) is 0. The first-order valence-corrected chi connectivity index (χ1v) is 6.23. The molecule has 6 heteroatoms. The van der Waals surface area contributed by atoms with Crippen LogP contribution in [0.5, 0.6) is 0 Å². The minimum atomic E-state index is -0.726. The molecule has 2 amide bonds. The van der Waals surface area contributed by atoms with Crippen molar-refractivity contribution in [2.45, 2.75) is 31.9 Å². The van der Waals surface area contributed by atoms with Crippen molar-refractivity contribution in [1.29, 1.82) is 0 Å². The molecule has 0 aromatic carbocycles. The fourth-order valence-electron chi connectivity index (χ4n) is 3.23. The number of methoxy groups -OCH3 is 1. The van der Waals surface area contributed by atoms with Crippen LogP contribution in [0, 0.1) is 5.41 Å². The molecule has 1 aliphatic carbocycles. The van der Waals surface area contributed by atoms with Gasteiger partial charge in [0, 0.05) is 26.1 Å². The maximum Gasteiger partial charge on any atom is 0.509 e. The molecule has 1 spiro atoms. The van der Waals surface area contributed by atoms with Crippen LogP contribution < -0.4 is 0 Å². The lowest BCUT2D eigenvalue weighted by Crippen LogP contribution is -2.62. The van der Waals surface area contributed by atoms with Gasteiger partial charge in [-0.15, -0.1) is 0 Å². The highest BCUT2D eigenvalue weighted by molar-refractivity contribution is 5.75. The van der Waals surface area contributed by atoms with E-state index in [9.17, 15) is 9.59 Å². The van der Waals surface area contributed by atoms with Crippen molar-refractivity contribution in [2.24, 2.45) is 5.41 Å². The van der Waals surface area contributed by atoms with Gasteiger partial charge in [0.25, 0.3) is 0 Å². The molecule has 1 heterocycles. The highest BCUT2D eigenvalue weighted by Gasteiger charge is 2.52. The van der Waals surface area contributed by atoms with E-state index < -0.39 is 12.4 Å². The van der Waals surface area contributed by atoms with Gasteiger partial charge in [-0.25, -0.2) is 9.59 Å². The number of ether oxygens (including phenoxy) is 2. The molecular weight excluding hydrogens is 236 g/mol. The van der Waals surface area contributed by atoms with E-state index in [-0.39, 0.29) is 11.4 Å². The lowest BCUT2D eigenvalue weighted by atomic mass is 9.81. The van der Waals surface area contributed by atoms with Crippen molar-refractivity contribution in [1.82, 2.24) is 9.80 Å². The van der Waals surface area contributed by atoms with Gasteiger partial charge in [-0.2, -0.15) is 0 Å². The molecule has 0 aromatic rings. The largest absolute Gasteiger partial charge is 0.509 e. The zero-order valence-electron chi connectivity index (χ0n) is 11.1. The highest BCUT2D eigenvalue weighted by Crippen LogP contribution is 2.46. The molecule has 102 valence electrons. The topological polar surface area (TPSA) is 59.1 Å². The maximum atomic E-state index is 12.0. The van der Waals surface area contributed by atoms with Crippen LogP contribution >= 0.6 is 0 Å². The second-order valence-corrected chi connectivity index (χ2v) is 5.24. The van der Waals surface area contributed by atoms with E-state index in [2.05, 4.69) is 4.74 Å². The summed E-state index contributed by atoms with van der Waals surface area (Å²) < 4.78 is 9.88. The number of amides is 2. The summed E-state index contributed by atoms with van der Waals surface area (Å²) in [6.07, 6.45) is 2.91. The zero-order chi connectivity index (χ0) is 13.3. The van der Waals surface area contributed by atoms with Crippen LogP contribution in [-0.4, -0.2) is 56.0 Å². The van der Waals surface area contributed by atoms with Crippen LogP contribution in [0.4, 0.5) is 9.59 Å². The standard InChI is InChI=1S/C12H20N2O4/c1-13-8-12(6-4-5-7-12)9(14(2)10(13)15)18-11(16)17-3/h9H,4-8H2,1-3H3. The van der Waals surface area contributed by atoms with Crippen molar-refractivity contribution in [2.75, 3.05) is 27.7 Å². The smallest absolute Gasteiger partial charge is 0.438 e. The zero-order valence-corrected chi connectivity index (χ0v) is 11.1. The van der Waals surface area contributed by atoms with Gasteiger partial charge in [0.2, 0.25) is 0 Å². The summed E-state index contributed by atoms with van der Waals surface area (Å²) in [5.41, 5.74) is -0.147. The molecule has 18 heavy (non-hydrogen) atoms. The summed E-state index contributed by atoms with van der Waals surface area (Å²) in [6.45, 7) is 0.637. The fourth-order valence-corrected chi connectivity index (χ4v) is 3.23. The van der Waals surface area contributed by atoms with Crippen LogP contribution in [0.2, 0.25) is 0 Å². The number of hydrogen-bond donors (Lipinski definition) is 0. The number of carbonyl (C=O) groups is 2. The SMILES string of the molecule is COC(=O)OC1N(C)C(=O)N(C)CC12CCCC2. The molecule has 1 unspecified atom stereocenters. The number of hydrogen-bond acceptors (Lipinski definition) is 4. The van der Waals surface area contributed by atoms with Gasteiger partial charge in [0.15, 0.2) is 6.23 Å². The molecule has 1 saturated heterocycles. The molecule has 1 atom stereocenters. The average Bonchev–Trinajstić information content (AvgIpc) is 2.81. The van der Waals surface area contributed by atoms with Crippen molar-refractivity contribution in [3.63, 3.8) is 0 Å². The first kappa shape index (κ1) is 13.0. The lowest BCUT2D eigenvalue weighted by molar-refractivity contribution is -0.115. The molecule has 1 saturated carbocycles. The fraction of sp³-hybridized carbons (Fsp3) is 0.833. The Kier molecular flexibility index (Phi) is 3.36. The Labute approximate surface area is 107 Å². The van der Waals surface area contributed by atoms with E-state index in [1.165, 1.54) is 12.0 Å². The maximum absolute atomic E-state index is 12.0. The molecule has 2 fully saturated rings. The third-order valence-corrected chi connectivity index (χ3v) is 4.03. The average molecular weight is 256 g/mol. The van der Waals surface area contributed by atoms with E-state index in [0.717, 1.165) is 25.7 Å².